The van der Waals surface area contributed by atoms with Gasteiger partial charge < -0.3 is 10.6 Å². The van der Waals surface area contributed by atoms with Crippen molar-refractivity contribution in [3.8, 4) is 0 Å². The molecule has 3 heteroatoms. The molecule has 0 amide bonds. The van der Waals surface area contributed by atoms with Crippen LogP contribution < -0.4 is 10.6 Å². The molecule has 0 aliphatic carbocycles. The lowest BCUT2D eigenvalue weighted by molar-refractivity contribution is 0.896. The molecule has 0 spiro atoms. The molecule has 2 rings (SSSR count). The van der Waals surface area contributed by atoms with Crippen LogP contribution in [-0.2, 0) is 6.54 Å². The van der Waals surface area contributed by atoms with Crippen LogP contribution in [0.4, 0.5) is 11.5 Å². The summed E-state index contributed by atoms with van der Waals surface area (Å²) in [5.41, 5.74) is 8.91. The van der Waals surface area contributed by atoms with E-state index in [0.29, 0.717) is 0 Å². The SMILES string of the molecule is Cc1ccnc(N(C)Cc2ccc(N)cc2)c1. The number of rotatable bonds is 3. The van der Waals surface area contributed by atoms with E-state index in [9.17, 15) is 0 Å². The van der Waals surface area contributed by atoms with E-state index < -0.39 is 0 Å². The summed E-state index contributed by atoms with van der Waals surface area (Å²) < 4.78 is 0. The highest BCUT2D eigenvalue weighted by molar-refractivity contribution is 5.43. The summed E-state index contributed by atoms with van der Waals surface area (Å²) >= 11 is 0. The van der Waals surface area contributed by atoms with Crippen molar-refractivity contribution in [2.45, 2.75) is 13.5 Å². The van der Waals surface area contributed by atoms with Gasteiger partial charge in [0.05, 0.1) is 0 Å². The van der Waals surface area contributed by atoms with Crippen LogP contribution in [-0.4, -0.2) is 12.0 Å². The van der Waals surface area contributed by atoms with Crippen molar-refractivity contribution in [3.05, 3.63) is 53.7 Å². The van der Waals surface area contributed by atoms with Gasteiger partial charge in [-0.2, -0.15) is 0 Å². The molecule has 0 saturated heterocycles. The first-order chi connectivity index (χ1) is 8.15. The normalized spacial score (nSPS) is 10.2. The monoisotopic (exact) mass is 227 g/mol. The molecule has 0 bridgehead atoms. The van der Waals surface area contributed by atoms with Gasteiger partial charge in [0.1, 0.15) is 5.82 Å². The molecule has 2 N–H and O–H groups in total. The number of aryl methyl sites for hydroxylation is 1. The van der Waals surface area contributed by atoms with Gasteiger partial charge in [-0.1, -0.05) is 12.1 Å². The van der Waals surface area contributed by atoms with Crippen LogP contribution in [0.3, 0.4) is 0 Å². The molecule has 0 saturated carbocycles. The standard InChI is InChI=1S/C14H17N3/c1-11-7-8-16-14(9-11)17(2)10-12-3-5-13(15)6-4-12/h3-9H,10,15H2,1-2H3. The Morgan fingerprint density at radius 1 is 1.18 bits per heavy atom. The summed E-state index contributed by atoms with van der Waals surface area (Å²) in [5.74, 6) is 0.988. The van der Waals surface area contributed by atoms with Crippen LogP contribution in [0.2, 0.25) is 0 Å². The van der Waals surface area contributed by atoms with E-state index in [-0.39, 0.29) is 0 Å². The van der Waals surface area contributed by atoms with E-state index >= 15 is 0 Å². The zero-order valence-corrected chi connectivity index (χ0v) is 10.2. The van der Waals surface area contributed by atoms with Crippen LogP contribution in [0.5, 0.6) is 0 Å². The average molecular weight is 227 g/mol. The Hall–Kier alpha value is -2.03. The number of benzene rings is 1. The van der Waals surface area contributed by atoms with E-state index in [2.05, 4.69) is 22.9 Å². The highest BCUT2D eigenvalue weighted by Gasteiger charge is 2.03. The molecular weight excluding hydrogens is 210 g/mol. The van der Waals surface area contributed by atoms with Gasteiger partial charge in [0.25, 0.3) is 0 Å². The molecule has 0 atom stereocenters. The number of aromatic nitrogens is 1. The summed E-state index contributed by atoms with van der Waals surface area (Å²) in [6.07, 6.45) is 1.84. The molecule has 1 heterocycles. The first-order valence-corrected chi connectivity index (χ1v) is 5.63. The minimum absolute atomic E-state index is 0.796. The van der Waals surface area contributed by atoms with Crippen molar-refractivity contribution in [2.75, 3.05) is 17.7 Å². The topological polar surface area (TPSA) is 42.2 Å². The number of nitrogens with two attached hydrogens (primary N) is 1. The van der Waals surface area contributed by atoms with Gasteiger partial charge in [0, 0.05) is 25.5 Å². The smallest absolute Gasteiger partial charge is 0.128 e. The fourth-order valence-electron chi connectivity index (χ4n) is 1.71. The number of nitrogens with zero attached hydrogens (tertiary/aromatic N) is 2. The lowest BCUT2D eigenvalue weighted by Gasteiger charge is -2.18. The summed E-state index contributed by atoms with van der Waals surface area (Å²) in [7, 11) is 2.04. The van der Waals surface area contributed by atoms with Crippen molar-refractivity contribution in [2.24, 2.45) is 0 Å². The molecule has 1 aromatic carbocycles. The maximum absolute atomic E-state index is 5.66. The second kappa shape index (κ2) is 4.87. The molecule has 0 radical (unpaired) electrons. The molecule has 0 aliphatic rings. The Bertz CT molecular complexity index is 491. The molecule has 17 heavy (non-hydrogen) atoms. The van der Waals surface area contributed by atoms with Crippen molar-refractivity contribution >= 4 is 11.5 Å². The van der Waals surface area contributed by atoms with Gasteiger partial charge in [-0.3, -0.25) is 0 Å². The number of hydrogen-bond donors (Lipinski definition) is 1. The van der Waals surface area contributed by atoms with Gasteiger partial charge in [-0.05, 0) is 42.3 Å². The predicted molar refractivity (Wildman–Crippen MR) is 71.9 cm³/mol. The van der Waals surface area contributed by atoms with Crippen LogP contribution in [0.25, 0.3) is 0 Å². The van der Waals surface area contributed by atoms with Crippen molar-refractivity contribution in [1.29, 1.82) is 0 Å². The van der Waals surface area contributed by atoms with Crippen LogP contribution >= 0.6 is 0 Å². The van der Waals surface area contributed by atoms with Gasteiger partial charge in [0.2, 0.25) is 0 Å². The fraction of sp³-hybridized carbons (Fsp3) is 0.214. The Kier molecular flexibility index (Phi) is 3.28. The first kappa shape index (κ1) is 11.5. The summed E-state index contributed by atoms with van der Waals surface area (Å²) in [6, 6.07) is 12.0. The van der Waals surface area contributed by atoms with E-state index in [1.54, 1.807) is 0 Å². The van der Waals surface area contributed by atoms with Crippen molar-refractivity contribution in [1.82, 2.24) is 4.98 Å². The van der Waals surface area contributed by atoms with Gasteiger partial charge in [-0.15, -0.1) is 0 Å². The van der Waals surface area contributed by atoms with Crippen LogP contribution in [0, 0.1) is 6.92 Å². The highest BCUT2D eigenvalue weighted by Crippen LogP contribution is 2.14. The third-order valence-electron chi connectivity index (χ3n) is 2.69. The fourth-order valence-corrected chi connectivity index (χ4v) is 1.71. The number of hydrogen-bond acceptors (Lipinski definition) is 3. The molecule has 88 valence electrons. The third kappa shape index (κ3) is 2.97. The molecule has 3 nitrogen and oxygen atoms in total. The summed E-state index contributed by atoms with van der Waals surface area (Å²) in [5, 5.41) is 0. The molecule has 0 fully saturated rings. The minimum atomic E-state index is 0.796. The lowest BCUT2D eigenvalue weighted by Crippen LogP contribution is -2.17. The van der Waals surface area contributed by atoms with Crippen molar-refractivity contribution < 1.29 is 0 Å². The lowest BCUT2D eigenvalue weighted by atomic mass is 10.2. The van der Waals surface area contributed by atoms with E-state index in [4.69, 9.17) is 5.73 Å². The zero-order chi connectivity index (χ0) is 12.3. The molecule has 2 aromatic rings. The number of nitrogen functional groups attached to an aromatic ring is 1. The van der Waals surface area contributed by atoms with E-state index in [0.717, 1.165) is 18.1 Å². The molecule has 1 aromatic heterocycles. The Balaban J connectivity index is 2.11. The Labute approximate surface area is 102 Å². The third-order valence-corrected chi connectivity index (χ3v) is 2.69. The molecule has 0 aliphatic heterocycles. The second-order valence-electron chi connectivity index (χ2n) is 4.29. The number of anilines is 2. The van der Waals surface area contributed by atoms with Gasteiger partial charge in [-0.25, -0.2) is 4.98 Å². The molecular formula is C14H17N3. The summed E-state index contributed by atoms with van der Waals surface area (Å²) in [4.78, 5) is 6.48. The van der Waals surface area contributed by atoms with Crippen molar-refractivity contribution in [3.63, 3.8) is 0 Å². The first-order valence-electron chi connectivity index (χ1n) is 5.63. The Morgan fingerprint density at radius 3 is 2.53 bits per heavy atom. The second-order valence-corrected chi connectivity index (χ2v) is 4.29. The highest BCUT2D eigenvalue weighted by atomic mass is 15.2. The Morgan fingerprint density at radius 2 is 1.88 bits per heavy atom. The van der Waals surface area contributed by atoms with E-state index in [1.807, 2.05) is 43.6 Å². The average Bonchev–Trinajstić information content (AvgIpc) is 2.32. The van der Waals surface area contributed by atoms with Crippen LogP contribution in [0.15, 0.2) is 42.6 Å². The van der Waals surface area contributed by atoms with Gasteiger partial charge in [0.15, 0.2) is 0 Å². The van der Waals surface area contributed by atoms with Crippen LogP contribution in [0.1, 0.15) is 11.1 Å². The predicted octanol–water partition coefficient (Wildman–Crippen LogP) is 2.61. The van der Waals surface area contributed by atoms with Gasteiger partial charge >= 0.3 is 0 Å². The maximum Gasteiger partial charge on any atom is 0.128 e. The maximum atomic E-state index is 5.66. The van der Waals surface area contributed by atoms with E-state index in [1.165, 1.54) is 11.1 Å². The molecule has 0 unspecified atom stereocenters. The largest absolute Gasteiger partial charge is 0.399 e. The zero-order valence-electron chi connectivity index (χ0n) is 10.2. The quantitative estimate of drug-likeness (QED) is 0.819. The minimum Gasteiger partial charge on any atom is -0.399 e. The summed E-state index contributed by atoms with van der Waals surface area (Å²) in [6.45, 7) is 2.90. The number of pyridine rings is 1.